The van der Waals surface area contributed by atoms with Crippen LogP contribution in [-0.2, 0) is 0 Å². The van der Waals surface area contributed by atoms with E-state index in [1.165, 1.54) is 64.7 Å². The first-order valence-electron chi connectivity index (χ1n) is 13.2. The number of aliphatic hydroxyl groups is 1. The number of benzene rings is 3. The van der Waals surface area contributed by atoms with Crippen molar-refractivity contribution in [3.63, 3.8) is 0 Å². The zero-order valence-electron chi connectivity index (χ0n) is 21.8. The number of phenolic OH excluding ortho intramolecular Hbond substituents is 1. The second-order valence-electron chi connectivity index (χ2n) is 9.25. The molecule has 2 saturated heterocycles. The molecule has 0 spiro atoms. The van der Waals surface area contributed by atoms with Crippen molar-refractivity contribution in [3.05, 3.63) is 60.2 Å². The molecule has 0 unspecified atom stereocenters. The van der Waals surface area contributed by atoms with Crippen LogP contribution < -0.4 is 14.8 Å². The molecule has 2 fully saturated rings. The van der Waals surface area contributed by atoms with Crippen molar-refractivity contribution in [1.82, 2.24) is 10.2 Å². The maximum atomic E-state index is 9.71. The lowest BCUT2D eigenvalue weighted by atomic mass is 10.1. The second kappa shape index (κ2) is 15.3. The number of aryl methyl sites for hydroxylation is 1. The Bertz CT molecular complexity index is 1020. The van der Waals surface area contributed by atoms with Gasteiger partial charge in [0.05, 0.1) is 0 Å². The van der Waals surface area contributed by atoms with E-state index in [-0.39, 0.29) is 5.75 Å². The molecule has 2 aliphatic heterocycles. The van der Waals surface area contributed by atoms with Crippen LogP contribution in [0.25, 0.3) is 10.8 Å². The Morgan fingerprint density at radius 2 is 1.47 bits per heavy atom. The van der Waals surface area contributed by atoms with Crippen LogP contribution in [0.4, 0.5) is 0 Å². The topological polar surface area (TPSA) is 74.2 Å². The normalized spacial score (nSPS) is 15.8. The molecular formula is C30H42N2O4. The summed E-state index contributed by atoms with van der Waals surface area (Å²) in [6.45, 7) is 8.61. The number of likely N-dealkylation sites (tertiary alicyclic amines) is 1. The minimum Gasteiger partial charge on any atom is -0.508 e. The highest BCUT2D eigenvalue weighted by molar-refractivity contribution is 5.90. The van der Waals surface area contributed by atoms with Gasteiger partial charge in [0.25, 0.3) is 0 Å². The summed E-state index contributed by atoms with van der Waals surface area (Å²) < 4.78 is 12.1. The van der Waals surface area contributed by atoms with E-state index in [0.717, 1.165) is 47.2 Å². The van der Waals surface area contributed by atoms with Gasteiger partial charge in [0.2, 0.25) is 0 Å². The maximum Gasteiger partial charge on any atom is 0.138 e. The molecule has 3 aromatic rings. The number of aromatic hydroxyl groups is 1. The number of ether oxygens (including phenoxy) is 2. The standard InChI is InChI=1S/C24H27NO3.C5H11N.CH4O/c1-18-5-6-19-17-20(26)7-12-23(19)24(18)28-22-10-8-21(9-11-22)27-16-15-25-13-3-2-4-14-25;1-2-4-6-5-3-1;1-2/h5-12,17,26H,2-4,13-16H2,1H3;6H,1-5H2;2H,1H3. The van der Waals surface area contributed by atoms with Crippen molar-refractivity contribution in [3.8, 4) is 23.0 Å². The fourth-order valence-corrected chi connectivity index (χ4v) is 4.53. The average molecular weight is 495 g/mol. The quantitative estimate of drug-likeness (QED) is 0.397. The number of rotatable bonds is 6. The Morgan fingerprint density at radius 1 is 0.806 bits per heavy atom. The van der Waals surface area contributed by atoms with Gasteiger partial charge in [-0.3, -0.25) is 4.90 Å². The largest absolute Gasteiger partial charge is 0.508 e. The zero-order chi connectivity index (χ0) is 25.6. The van der Waals surface area contributed by atoms with Crippen LogP contribution in [0.15, 0.2) is 54.6 Å². The molecule has 6 nitrogen and oxygen atoms in total. The van der Waals surface area contributed by atoms with Crippen molar-refractivity contribution in [2.75, 3.05) is 46.4 Å². The third-order valence-electron chi connectivity index (χ3n) is 6.53. The van der Waals surface area contributed by atoms with E-state index >= 15 is 0 Å². The van der Waals surface area contributed by atoms with Gasteiger partial charge >= 0.3 is 0 Å². The predicted molar refractivity (Wildman–Crippen MR) is 148 cm³/mol. The lowest BCUT2D eigenvalue weighted by Gasteiger charge is -2.26. The number of nitrogens with zero attached hydrogens (tertiary/aromatic N) is 1. The highest BCUT2D eigenvalue weighted by atomic mass is 16.5. The van der Waals surface area contributed by atoms with E-state index in [2.05, 4.69) is 10.2 Å². The predicted octanol–water partition coefficient (Wildman–Crippen LogP) is 5.88. The SMILES string of the molecule is C1CCNCC1.CO.Cc1ccc2cc(O)ccc2c1Oc1ccc(OCCN2CCCCC2)cc1. The van der Waals surface area contributed by atoms with Gasteiger partial charge < -0.3 is 25.0 Å². The van der Waals surface area contributed by atoms with Crippen molar-refractivity contribution >= 4 is 10.8 Å². The molecule has 0 radical (unpaired) electrons. The van der Waals surface area contributed by atoms with Crippen LogP contribution in [0.5, 0.6) is 23.0 Å². The summed E-state index contributed by atoms with van der Waals surface area (Å²) in [6.07, 6.45) is 8.18. The molecule has 6 heteroatoms. The molecule has 3 N–H and O–H groups in total. The van der Waals surface area contributed by atoms with E-state index in [0.29, 0.717) is 6.61 Å². The average Bonchev–Trinajstić information content (AvgIpc) is 2.94. The van der Waals surface area contributed by atoms with E-state index < -0.39 is 0 Å². The number of aliphatic hydroxyl groups excluding tert-OH is 1. The molecular weight excluding hydrogens is 452 g/mol. The third kappa shape index (κ3) is 8.70. The Hall–Kier alpha value is -2.80. The Kier molecular flexibility index (Phi) is 11.8. The first-order valence-corrected chi connectivity index (χ1v) is 13.2. The summed E-state index contributed by atoms with van der Waals surface area (Å²) in [5.74, 6) is 2.71. The molecule has 2 aliphatic rings. The van der Waals surface area contributed by atoms with Crippen LogP contribution in [0.2, 0.25) is 0 Å². The smallest absolute Gasteiger partial charge is 0.138 e. The van der Waals surface area contributed by atoms with Gasteiger partial charge in [-0.15, -0.1) is 0 Å². The summed E-state index contributed by atoms with van der Waals surface area (Å²) in [7, 11) is 1.00. The van der Waals surface area contributed by atoms with Gasteiger partial charge in [-0.25, -0.2) is 0 Å². The highest BCUT2D eigenvalue weighted by Gasteiger charge is 2.10. The summed E-state index contributed by atoms with van der Waals surface area (Å²) in [4.78, 5) is 2.47. The van der Waals surface area contributed by atoms with Crippen molar-refractivity contribution < 1.29 is 19.7 Å². The number of phenols is 1. The zero-order valence-corrected chi connectivity index (χ0v) is 21.8. The Balaban J connectivity index is 0.000000390. The first-order chi connectivity index (χ1) is 17.7. The van der Waals surface area contributed by atoms with Gasteiger partial charge in [0, 0.05) is 19.0 Å². The summed E-state index contributed by atoms with van der Waals surface area (Å²) in [5, 5.41) is 21.9. The lowest BCUT2D eigenvalue weighted by Crippen LogP contribution is -2.33. The molecule has 0 aliphatic carbocycles. The van der Waals surface area contributed by atoms with Crippen molar-refractivity contribution in [2.45, 2.75) is 45.4 Å². The number of fused-ring (bicyclic) bond motifs is 1. The third-order valence-corrected chi connectivity index (χ3v) is 6.53. The van der Waals surface area contributed by atoms with E-state index in [1.807, 2.05) is 49.4 Å². The summed E-state index contributed by atoms with van der Waals surface area (Å²) in [5.41, 5.74) is 1.06. The van der Waals surface area contributed by atoms with Crippen LogP contribution in [0.3, 0.4) is 0 Å². The highest BCUT2D eigenvalue weighted by Crippen LogP contribution is 2.35. The Labute approximate surface area is 215 Å². The van der Waals surface area contributed by atoms with Crippen LogP contribution >= 0.6 is 0 Å². The minimum atomic E-state index is 0.258. The van der Waals surface area contributed by atoms with Crippen LogP contribution in [-0.4, -0.2) is 61.6 Å². The molecule has 0 aromatic heterocycles. The number of hydrogen-bond acceptors (Lipinski definition) is 6. The van der Waals surface area contributed by atoms with Gasteiger partial charge in [-0.1, -0.05) is 25.0 Å². The number of nitrogens with one attached hydrogen (secondary N) is 1. The summed E-state index contributed by atoms with van der Waals surface area (Å²) >= 11 is 0. The first kappa shape index (κ1) is 27.8. The molecule has 5 rings (SSSR count). The Morgan fingerprint density at radius 3 is 2.11 bits per heavy atom. The van der Waals surface area contributed by atoms with E-state index in [1.54, 1.807) is 12.1 Å². The number of piperidine rings is 2. The molecule has 0 atom stereocenters. The lowest BCUT2D eigenvalue weighted by molar-refractivity contribution is 0.183. The number of hydrogen-bond donors (Lipinski definition) is 3. The van der Waals surface area contributed by atoms with Gasteiger partial charge in [-0.05, 0) is 112 Å². The van der Waals surface area contributed by atoms with Crippen LogP contribution in [0.1, 0.15) is 44.1 Å². The van der Waals surface area contributed by atoms with Crippen molar-refractivity contribution in [2.24, 2.45) is 0 Å². The molecule has 2 heterocycles. The van der Waals surface area contributed by atoms with Gasteiger partial charge in [-0.2, -0.15) is 0 Å². The van der Waals surface area contributed by atoms with Gasteiger partial charge in [0.1, 0.15) is 29.6 Å². The minimum absolute atomic E-state index is 0.258. The molecule has 0 bridgehead atoms. The molecule has 0 amide bonds. The molecule has 0 saturated carbocycles. The molecule has 196 valence electrons. The fraction of sp³-hybridized carbons (Fsp3) is 0.467. The molecule has 3 aromatic carbocycles. The molecule has 36 heavy (non-hydrogen) atoms. The van der Waals surface area contributed by atoms with Crippen molar-refractivity contribution in [1.29, 1.82) is 0 Å². The fourth-order valence-electron chi connectivity index (χ4n) is 4.53. The monoisotopic (exact) mass is 494 g/mol. The summed E-state index contributed by atoms with van der Waals surface area (Å²) in [6, 6.07) is 17.1. The van der Waals surface area contributed by atoms with E-state index in [9.17, 15) is 5.11 Å². The van der Waals surface area contributed by atoms with Gasteiger partial charge in [0.15, 0.2) is 0 Å². The second-order valence-corrected chi connectivity index (χ2v) is 9.25. The maximum absolute atomic E-state index is 9.71. The van der Waals surface area contributed by atoms with E-state index in [4.69, 9.17) is 14.6 Å². The van der Waals surface area contributed by atoms with Crippen LogP contribution in [0, 0.1) is 6.92 Å².